The number of fused-ring (bicyclic) bond motifs is 1. The van der Waals surface area contributed by atoms with Crippen molar-refractivity contribution in [3.8, 4) is 12.3 Å². The largest absolute Gasteiger partial charge is 0.394 e. The van der Waals surface area contributed by atoms with Gasteiger partial charge in [0.25, 0.3) is 0 Å². The van der Waals surface area contributed by atoms with E-state index in [1.807, 2.05) is 0 Å². The van der Waals surface area contributed by atoms with Crippen LogP contribution < -0.4 is 11.5 Å². The molecule has 0 spiro atoms. The maximum Gasteiger partial charge on any atom is 0.223 e. The summed E-state index contributed by atoms with van der Waals surface area (Å²) in [5, 5.41) is 19.6. The summed E-state index contributed by atoms with van der Waals surface area (Å²) in [6.45, 7) is 0.644. The van der Waals surface area contributed by atoms with Crippen LogP contribution in [0.15, 0.2) is 6.20 Å². The first-order valence-electron chi connectivity index (χ1n) is 6.84. The number of rotatable bonds is 2. The maximum absolute atomic E-state index is 15.0. The van der Waals surface area contributed by atoms with Gasteiger partial charge in [-0.1, -0.05) is 5.92 Å². The van der Waals surface area contributed by atoms with Crippen molar-refractivity contribution in [2.45, 2.75) is 31.0 Å². The zero-order valence-corrected chi connectivity index (χ0v) is 12.3. The molecule has 9 heteroatoms. The number of hydrogen-bond acceptors (Lipinski definition) is 7. The fourth-order valence-electron chi connectivity index (χ4n) is 2.84. The molecule has 1 aliphatic heterocycles. The molecule has 1 aliphatic rings. The molecule has 1 fully saturated rings. The molecule has 3 rings (SSSR count). The molecule has 23 heavy (non-hydrogen) atoms. The Kier molecular flexibility index (Phi) is 3.40. The summed E-state index contributed by atoms with van der Waals surface area (Å²) < 4.78 is 21.7. The lowest BCUT2D eigenvalue weighted by Gasteiger charge is -2.25. The van der Waals surface area contributed by atoms with Crippen molar-refractivity contribution in [2.24, 2.45) is 0 Å². The Bertz CT molecular complexity index is 813. The van der Waals surface area contributed by atoms with Crippen LogP contribution in [0.4, 0.5) is 16.2 Å². The van der Waals surface area contributed by atoms with Gasteiger partial charge in [-0.3, -0.25) is 0 Å². The molecule has 3 heterocycles. The van der Waals surface area contributed by atoms with Crippen molar-refractivity contribution in [2.75, 3.05) is 18.1 Å². The number of ether oxygens (including phenoxy) is 1. The highest BCUT2D eigenvalue weighted by Crippen LogP contribution is 2.43. The highest BCUT2D eigenvalue weighted by atomic mass is 19.1. The Balaban J connectivity index is 2.23. The minimum Gasteiger partial charge on any atom is -0.394 e. The van der Waals surface area contributed by atoms with E-state index in [2.05, 4.69) is 15.9 Å². The summed E-state index contributed by atoms with van der Waals surface area (Å²) in [5.74, 6) is 2.39. The van der Waals surface area contributed by atoms with Gasteiger partial charge in [-0.15, -0.1) is 6.42 Å². The Hall–Kier alpha value is -2.41. The highest BCUT2D eigenvalue weighted by molar-refractivity contribution is 5.93. The molecule has 6 N–H and O–H groups in total. The van der Waals surface area contributed by atoms with Crippen molar-refractivity contribution in [3.63, 3.8) is 0 Å². The third-order valence-corrected chi connectivity index (χ3v) is 4.02. The predicted molar refractivity (Wildman–Crippen MR) is 80.8 cm³/mol. The van der Waals surface area contributed by atoms with Crippen molar-refractivity contribution in [3.05, 3.63) is 11.8 Å². The van der Waals surface area contributed by atoms with Gasteiger partial charge in [0.2, 0.25) is 5.95 Å². The highest BCUT2D eigenvalue weighted by Gasteiger charge is 2.55. The standard InChI is InChI=1S/C14H16FN5O3/c1-3-6-4-20(11-8(6)10(16)18-13(17)19-11)12-14(2,15)9(22)7(5-21)23-12/h1,4,7,9,12,21-22H,5H2,2H3,(H4,16,17,18,19)/t7-,9-,12+,14-/m1/s1. The second kappa shape index (κ2) is 5.06. The van der Waals surface area contributed by atoms with Crippen LogP contribution >= 0.6 is 0 Å². The van der Waals surface area contributed by atoms with Crippen molar-refractivity contribution in [1.82, 2.24) is 14.5 Å². The summed E-state index contributed by atoms with van der Waals surface area (Å²) >= 11 is 0. The first kappa shape index (κ1) is 15.5. The molecule has 0 saturated carbocycles. The normalized spacial score (nSPS) is 30.7. The number of alkyl halides is 1. The van der Waals surface area contributed by atoms with E-state index in [0.29, 0.717) is 10.9 Å². The Morgan fingerprint density at radius 2 is 2.22 bits per heavy atom. The molecule has 1 saturated heterocycles. The van der Waals surface area contributed by atoms with Gasteiger partial charge in [0, 0.05) is 6.20 Å². The number of nitrogens with zero attached hydrogens (tertiary/aromatic N) is 3. The van der Waals surface area contributed by atoms with E-state index in [4.69, 9.17) is 22.6 Å². The van der Waals surface area contributed by atoms with E-state index in [9.17, 15) is 14.6 Å². The molecule has 0 radical (unpaired) electrons. The smallest absolute Gasteiger partial charge is 0.223 e. The van der Waals surface area contributed by atoms with Crippen LogP contribution in [-0.2, 0) is 4.74 Å². The molecule has 0 aromatic carbocycles. The van der Waals surface area contributed by atoms with E-state index in [-0.39, 0.29) is 17.4 Å². The van der Waals surface area contributed by atoms with Gasteiger partial charge in [-0.2, -0.15) is 9.97 Å². The molecule has 8 nitrogen and oxygen atoms in total. The van der Waals surface area contributed by atoms with Crippen LogP contribution in [0.5, 0.6) is 0 Å². The average Bonchev–Trinajstić information content (AvgIpc) is 2.95. The molecule has 0 unspecified atom stereocenters. The van der Waals surface area contributed by atoms with E-state index in [0.717, 1.165) is 0 Å². The molecular formula is C14H16FN5O3. The summed E-state index contributed by atoms with van der Waals surface area (Å²) in [6, 6.07) is 0. The van der Waals surface area contributed by atoms with Crippen LogP contribution in [0, 0.1) is 12.3 Å². The molecule has 0 aliphatic carbocycles. The maximum atomic E-state index is 15.0. The molecule has 2 aromatic rings. The van der Waals surface area contributed by atoms with E-state index in [1.54, 1.807) is 0 Å². The molecule has 4 atom stereocenters. The monoisotopic (exact) mass is 321 g/mol. The summed E-state index contributed by atoms with van der Waals surface area (Å²) in [6.07, 6.45) is 3.05. The second-order valence-electron chi connectivity index (χ2n) is 5.57. The number of halogens is 1. The fraction of sp³-hybridized carbons (Fsp3) is 0.429. The van der Waals surface area contributed by atoms with Gasteiger partial charge in [0.05, 0.1) is 17.6 Å². The lowest BCUT2D eigenvalue weighted by atomic mass is 9.98. The fourth-order valence-corrected chi connectivity index (χ4v) is 2.84. The zero-order chi connectivity index (χ0) is 16.9. The summed E-state index contributed by atoms with van der Waals surface area (Å²) in [7, 11) is 0. The minimum absolute atomic E-state index is 0.0667. The van der Waals surface area contributed by atoms with Crippen LogP contribution in [0.2, 0.25) is 0 Å². The summed E-state index contributed by atoms with van der Waals surface area (Å²) in [4.78, 5) is 7.90. The third-order valence-electron chi connectivity index (χ3n) is 4.02. The Morgan fingerprint density at radius 1 is 1.52 bits per heavy atom. The van der Waals surface area contributed by atoms with E-state index in [1.165, 1.54) is 17.7 Å². The van der Waals surface area contributed by atoms with Gasteiger partial charge in [0.15, 0.2) is 17.5 Å². The average molecular weight is 321 g/mol. The molecule has 122 valence electrons. The van der Waals surface area contributed by atoms with Crippen LogP contribution in [0.25, 0.3) is 11.0 Å². The molecule has 0 amide bonds. The van der Waals surface area contributed by atoms with Crippen molar-refractivity contribution < 1.29 is 19.3 Å². The molecular weight excluding hydrogens is 305 g/mol. The first-order chi connectivity index (χ1) is 10.8. The van der Waals surface area contributed by atoms with Gasteiger partial charge in [0.1, 0.15) is 18.0 Å². The number of aliphatic hydroxyl groups excluding tert-OH is 2. The summed E-state index contributed by atoms with van der Waals surface area (Å²) in [5.41, 5.74) is 9.79. The Morgan fingerprint density at radius 3 is 2.78 bits per heavy atom. The third kappa shape index (κ3) is 2.11. The van der Waals surface area contributed by atoms with E-state index >= 15 is 0 Å². The quantitative estimate of drug-likeness (QED) is 0.551. The Labute approximate surface area is 130 Å². The predicted octanol–water partition coefficient (Wildman–Crippen LogP) is -0.444. The van der Waals surface area contributed by atoms with Crippen molar-refractivity contribution in [1.29, 1.82) is 0 Å². The number of aliphatic hydroxyl groups is 2. The van der Waals surface area contributed by atoms with Gasteiger partial charge in [-0.05, 0) is 6.92 Å². The number of aromatic nitrogens is 3. The number of hydrogen-bond donors (Lipinski definition) is 4. The lowest BCUT2D eigenvalue weighted by molar-refractivity contribution is -0.0564. The zero-order valence-electron chi connectivity index (χ0n) is 12.3. The number of nitrogen functional groups attached to an aromatic ring is 2. The van der Waals surface area contributed by atoms with Crippen LogP contribution in [0.1, 0.15) is 18.7 Å². The minimum atomic E-state index is -2.18. The first-order valence-corrected chi connectivity index (χ1v) is 6.84. The number of nitrogens with two attached hydrogens (primary N) is 2. The SMILES string of the molecule is C#Cc1cn([C@H]2O[C@H](CO)[C@@H](O)[C@@]2(C)F)c2nc(N)nc(N)c12. The molecule has 0 bridgehead atoms. The number of terminal acetylenes is 1. The molecule has 2 aromatic heterocycles. The van der Waals surface area contributed by atoms with Crippen molar-refractivity contribution >= 4 is 22.8 Å². The van der Waals surface area contributed by atoms with Crippen LogP contribution in [-0.4, -0.2) is 49.2 Å². The van der Waals surface area contributed by atoms with Gasteiger partial charge in [-0.25, -0.2) is 4.39 Å². The van der Waals surface area contributed by atoms with Gasteiger partial charge >= 0.3 is 0 Å². The van der Waals surface area contributed by atoms with Crippen LogP contribution in [0.3, 0.4) is 0 Å². The second-order valence-corrected chi connectivity index (χ2v) is 5.57. The van der Waals surface area contributed by atoms with E-state index < -0.39 is 30.7 Å². The topological polar surface area (TPSA) is 132 Å². The number of anilines is 2. The van der Waals surface area contributed by atoms with Gasteiger partial charge < -0.3 is 31.0 Å². The lowest BCUT2D eigenvalue weighted by Crippen LogP contribution is -2.40.